The highest BCUT2D eigenvalue weighted by Crippen LogP contribution is 2.19. The van der Waals surface area contributed by atoms with Gasteiger partial charge in [0, 0.05) is 29.9 Å². The number of carbonyl (C=O) groups is 2. The summed E-state index contributed by atoms with van der Waals surface area (Å²) in [4.78, 5) is 41.5. The number of hydrogen-bond donors (Lipinski definition) is 2. The summed E-state index contributed by atoms with van der Waals surface area (Å²) in [5, 5.41) is 2.71. The monoisotopic (exact) mass is 411 g/mol. The van der Waals surface area contributed by atoms with Crippen LogP contribution in [-0.2, 0) is 10.2 Å². The van der Waals surface area contributed by atoms with Crippen molar-refractivity contribution in [3.05, 3.63) is 58.0 Å². The minimum atomic E-state index is -0.481. The van der Waals surface area contributed by atoms with E-state index in [0.29, 0.717) is 11.4 Å². The lowest BCUT2D eigenvalue weighted by molar-refractivity contribution is -0.134. The number of benzene rings is 1. The first-order valence-corrected chi connectivity index (χ1v) is 10.3. The molecule has 0 bridgehead atoms. The number of amides is 2. The first kappa shape index (κ1) is 21.6. The predicted molar refractivity (Wildman–Crippen MR) is 116 cm³/mol. The third-order valence-corrected chi connectivity index (χ3v) is 5.15. The predicted octanol–water partition coefficient (Wildman–Crippen LogP) is 3.32. The SMILES string of the molecule is CC(C)(C)c1ccc(C(=O)Nc2ccc(OCC(=O)N3CCCCC3)cc2)c(=O)[nH]1. The first-order chi connectivity index (χ1) is 14.2. The average molecular weight is 412 g/mol. The minimum Gasteiger partial charge on any atom is -0.484 e. The van der Waals surface area contributed by atoms with Gasteiger partial charge in [0.25, 0.3) is 17.4 Å². The topological polar surface area (TPSA) is 91.5 Å². The molecule has 1 fully saturated rings. The summed E-state index contributed by atoms with van der Waals surface area (Å²) in [6.07, 6.45) is 3.26. The molecule has 0 unspecified atom stereocenters. The molecule has 0 aliphatic carbocycles. The van der Waals surface area contributed by atoms with Crippen molar-refractivity contribution < 1.29 is 14.3 Å². The van der Waals surface area contributed by atoms with Crippen LogP contribution in [0.2, 0.25) is 0 Å². The van der Waals surface area contributed by atoms with E-state index in [4.69, 9.17) is 4.74 Å². The fourth-order valence-electron chi connectivity index (χ4n) is 3.30. The Bertz CT molecular complexity index is 952. The largest absolute Gasteiger partial charge is 0.484 e. The van der Waals surface area contributed by atoms with Crippen LogP contribution in [0.25, 0.3) is 0 Å². The smallest absolute Gasteiger partial charge is 0.261 e. The molecular formula is C23H29N3O4. The molecule has 7 heteroatoms. The average Bonchev–Trinajstić information content (AvgIpc) is 2.72. The molecule has 1 aliphatic rings. The second-order valence-electron chi connectivity index (χ2n) is 8.57. The van der Waals surface area contributed by atoms with E-state index in [1.54, 1.807) is 36.4 Å². The van der Waals surface area contributed by atoms with E-state index in [-0.39, 0.29) is 23.5 Å². The number of aromatic amines is 1. The summed E-state index contributed by atoms with van der Waals surface area (Å²) in [6.45, 7) is 7.55. The van der Waals surface area contributed by atoms with Crippen LogP contribution < -0.4 is 15.6 Å². The van der Waals surface area contributed by atoms with E-state index in [1.807, 2.05) is 25.7 Å². The van der Waals surface area contributed by atoms with Crippen LogP contribution in [-0.4, -0.2) is 41.4 Å². The highest BCUT2D eigenvalue weighted by molar-refractivity contribution is 6.04. The molecule has 3 rings (SSSR count). The Morgan fingerprint density at radius 3 is 2.30 bits per heavy atom. The number of pyridine rings is 1. The number of aromatic nitrogens is 1. The van der Waals surface area contributed by atoms with Crippen molar-refractivity contribution in [3.8, 4) is 5.75 Å². The summed E-state index contributed by atoms with van der Waals surface area (Å²) in [6, 6.07) is 10.0. The fraction of sp³-hybridized carbons (Fsp3) is 0.435. The zero-order valence-corrected chi connectivity index (χ0v) is 17.8. The Hall–Kier alpha value is -3.09. The molecular weight excluding hydrogens is 382 g/mol. The van der Waals surface area contributed by atoms with Gasteiger partial charge in [-0.25, -0.2) is 0 Å². The normalized spacial score (nSPS) is 14.3. The molecule has 0 radical (unpaired) electrons. The van der Waals surface area contributed by atoms with Gasteiger partial charge in [0.15, 0.2) is 6.61 Å². The van der Waals surface area contributed by atoms with Crippen molar-refractivity contribution in [2.24, 2.45) is 0 Å². The van der Waals surface area contributed by atoms with Gasteiger partial charge in [-0.05, 0) is 55.7 Å². The van der Waals surface area contributed by atoms with Gasteiger partial charge < -0.3 is 19.9 Å². The number of nitrogens with one attached hydrogen (secondary N) is 2. The summed E-state index contributed by atoms with van der Waals surface area (Å²) in [5.41, 5.74) is 0.726. The fourth-order valence-corrected chi connectivity index (χ4v) is 3.30. The molecule has 1 aromatic carbocycles. The minimum absolute atomic E-state index is 0.00120. The van der Waals surface area contributed by atoms with Crippen molar-refractivity contribution in [1.29, 1.82) is 0 Å². The van der Waals surface area contributed by atoms with Crippen LogP contribution >= 0.6 is 0 Å². The highest BCUT2D eigenvalue weighted by atomic mass is 16.5. The molecule has 0 spiro atoms. The zero-order chi connectivity index (χ0) is 21.7. The number of rotatable bonds is 5. The van der Waals surface area contributed by atoms with E-state index in [1.165, 1.54) is 6.42 Å². The lowest BCUT2D eigenvalue weighted by Crippen LogP contribution is -2.38. The Morgan fingerprint density at radius 1 is 1.03 bits per heavy atom. The second-order valence-corrected chi connectivity index (χ2v) is 8.57. The third-order valence-electron chi connectivity index (χ3n) is 5.15. The van der Waals surface area contributed by atoms with Gasteiger partial charge in [-0.15, -0.1) is 0 Å². The molecule has 1 aliphatic heterocycles. The Labute approximate surface area is 176 Å². The maximum atomic E-state index is 12.5. The molecule has 0 atom stereocenters. The van der Waals surface area contributed by atoms with Crippen molar-refractivity contribution in [1.82, 2.24) is 9.88 Å². The van der Waals surface area contributed by atoms with Gasteiger partial charge in [-0.1, -0.05) is 20.8 Å². The number of piperidine rings is 1. The lowest BCUT2D eigenvalue weighted by atomic mass is 9.91. The Morgan fingerprint density at radius 2 is 1.70 bits per heavy atom. The summed E-state index contributed by atoms with van der Waals surface area (Å²) in [7, 11) is 0. The maximum absolute atomic E-state index is 12.5. The van der Waals surface area contributed by atoms with Crippen LogP contribution in [0.4, 0.5) is 5.69 Å². The zero-order valence-electron chi connectivity index (χ0n) is 17.8. The van der Waals surface area contributed by atoms with Crippen LogP contribution in [0, 0.1) is 0 Å². The number of anilines is 1. The van der Waals surface area contributed by atoms with Gasteiger partial charge in [0.2, 0.25) is 0 Å². The Kier molecular flexibility index (Phi) is 6.59. The Balaban J connectivity index is 1.57. The molecule has 1 saturated heterocycles. The quantitative estimate of drug-likeness (QED) is 0.790. The van der Waals surface area contributed by atoms with Crippen molar-refractivity contribution in [2.45, 2.75) is 45.4 Å². The summed E-state index contributed by atoms with van der Waals surface area (Å²) in [5.74, 6) is 0.0568. The molecule has 2 N–H and O–H groups in total. The summed E-state index contributed by atoms with van der Waals surface area (Å²) < 4.78 is 5.57. The van der Waals surface area contributed by atoms with Gasteiger partial charge in [0.1, 0.15) is 11.3 Å². The van der Waals surface area contributed by atoms with Crippen LogP contribution in [0.15, 0.2) is 41.2 Å². The molecule has 2 aromatic rings. The van der Waals surface area contributed by atoms with Crippen LogP contribution in [0.1, 0.15) is 56.1 Å². The number of carbonyl (C=O) groups excluding carboxylic acids is 2. The van der Waals surface area contributed by atoms with Crippen LogP contribution in [0.3, 0.4) is 0 Å². The first-order valence-electron chi connectivity index (χ1n) is 10.3. The standard InChI is InChI=1S/C23H29N3O4/c1-23(2,3)19-12-11-18(22(29)25-19)21(28)24-16-7-9-17(10-8-16)30-15-20(27)26-13-5-4-6-14-26/h7-12H,4-6,13-15H2,1-3H3,(H,24,28)(H,25,29). The van der Waals surface area contributed by atoms with Gasteiger partial charge in [-0.2, -0.15) is 0 Å². The van der Waals surface area contributed by atoms with Crippen molar-refractivity contribution in [2.75, 3.05) is 25.0 Å². The molecule has 2 heterocycles. The van der Waals surface area contributed by atoms with Crippen LogP contribution in [0.5, 0.6) is 5.75 Å². The number of H-pyrrole nitrogens is 1. The van der Waals surface area contributed by atoms with Gasteiger partial charge in [0.05, 0.1) is 0 Å². The number of ether oxygens (including phenoxy) is 1. The molecule has 160 valence electrons. The van der Waals surface area contributed by atoms with Crippen molar-refractivity contribution >= 4 is 17.5 Å². The summed E-state index contributed by atoms with van der Waals surface area (Å²) >= 11 is 0. The number of nitrogens with zero attached hydrogens (tertiary/aromatic N) is 1. The highest BCUT2D eigenvalue weighted by Gasteiger charge is 2.18. The number of likely N-dealkylation sites (tertiary alicyclic amines) is 1. The van der Waals surface area contributed by atoms with E-state index in [0.717, 1.165) is 31.6 Å². The van der Waals surface area contributed by atoms with Gasteiger partial charge >= 0.3 is 0 Å². The van der Waals surface area contributed by atoms with E-state index in [9.17, 15) is 14.4 Å². The molecule has 0 saturated carbocycles. The maximum Gasteiger partial charge on any atom is 0.261 e. The second kappa shape index (κ2) is 9.15. The molecule has 1 aromatic heterocycles. The number of hydrogen-bond acceptors (Lipinski definition) is 4. The third kappa shape index (κ3) is 5.49. The van der Waals surface area contributed by atoms with E-state index < -0.39 is 11.5 Å². The van der Waals surface area contributed by atoms with Gasteiger partial charge in [-0.3, -0.25) is 14.4 Å². The molecule has 30 heavy (non-hydrogen) atoms. The molecule has 7 nitrogen and oxygen atoms in total. The molecule has 2 amide bonds. The van der Waals surface area contributed by atoms with Crippen molar-refractivity contribution in [3.63, 3.8) is 0 Å². The lowest BCUT2D eigenvalue weighted by Gasteiger charge is -2.26. The van der Waals surface area contributed by atoms with E-state index >= 15 is 0 Å². The van der Waals surface area contributed by atoms with E-state index in [2.05, 4.69) is 10.3 Å².